The lowest BCUT2D eigenvalue weighted by molar-refractivity contribution is 0.0572. The van der Waals surface area contributed by atoms with Crippen LogP contribution in [-0.2, 0) is 4.74 Å². The van der Waals surface area contributed by atoms with E-state index in [1.165, 1.54) is 27.8 Å². The standard InChI is InChI=1S/C15H20OS/c1-3-5-9-13(16-4-2)15-11-12-8-6-7-10-14(12)17-15/h6-8,10-11,13H,3-5,9H2,1-2H3. The van der Waals surface area contributed by atoms with Gasteiger partial charge < -0.3 is 4.74 Å². The molecule has 1 atom stereocenters. The highest BCUT2D eigenvalue weighted by molar-refractivity contribution is 7.19. The summed E-state index contributed by atoms with van der Waals surface area (Å²) in [4.78, 5) is 1.38. The van der Waals surface area contributed by atoms with E-state index in [0.29, 0.717) is 0 Å². The monoisotopic (exact) mass is 248 g/mol. The van der Waals surface area contributed by atoms with Gasteiger partial charge in [0.05, 0.1) is 6.10 Å². The summed E-state index contributed by atoms with van der Waals surface area (Å²) in [5, 5.41) is 1.34. The van der Waals surface area contributed by atoms with E-state index in [2.05, 4.69) is 44.2 Å². The Balaban J connectivity index is 2.21. The van der Waals surface area contributed by atoms with Gasteiger partial charge in [-0.3, -0.25) is 0 Å². The number of ether oxygens (including phenoxy) is 1. The van der Waals surface area contributed by atoms with E-state index in [0.717, 1.165) is 13.0 Å². The lowest BCUT2D eigenvalue weighted by Crippen LogP contribution is -2.02. The van der Waals surface area contributed by atoms with Crippen molar-refractivity contribution in [2.75, 3.05) is 6.61 Å². The van der Waals surface area contributed by atoms with Crippen molar-refractivity contribution >= 4 is 21.4 Å². The van der Waals surface area contributed by atoms with Gasteiger partial charge in [0.25, 0.3) is 0 Å². The van der Waals surface area contributed by atoms with E-state index in [1.54, 1.807) is 0 Å². The summed E-state index contributed by atoms with van der Waals surface area (Å²) in [6.45, 7) is 5.10. The first kappa shape index (κ1) is 12.6. The predicted octanol–water partition coefficient (Wildman–Crippen LogP) is 5.17. The minimum Gasteiger partial charge on any atom is -0.373 e. The van der Waals surface area contributed by atoms with Crippen LogP contribution in [0.5, 0.6) is 0 Å². The van der Waals surface area contributed by atoms with Crippen LogP contribution in [0.4, 0.5) is 0 Å². The molecule has 0 fully saturated rings. The second-order valence-electron chi connectivity index (χ2n) is 4.27. The largest absolute Gasteiger partial charge is 0.373 e. The molecule has 0 radical (unpaired) electrons. The Morgan fingerprint density at radius 3 is 2.76 bits per heavy atom. The van der Waals surface area contributed by atoms with Gasteiger partial charge in [-0.15, -0.1) is 11.3 Å². The third-order valence-electron chi connectivity index (χ3n) is 2.95. The summed E-state index contributed by atoms with van der Waals surface area (Å²) < 4.78 is 7.23. The van der Waals surface area contributed by atoms with Gasteiger partial charge in [-0.25, -0.2) is 0 Å². The molecule has 1 unspecified atom stereocenters. The highest BCUT2D eigenvalue weighted by Crippen LogP contribution is 2.34. The first-order chi connectivity index (χ1) is 8.35. The van der Waals surface area contributed by atoms with Crippen LogP contribution in [0.25, 0.3) is 10.1 Å². The summed E-state index contributed by atoms with van der Waals surface area (Å²) >= 11 is 1.87. The van der Waals surface area contributed by atoms with Crippen molar-refractivity contribution in [3.8, 4) is 0 Å². The molecule has 1 aromatic carbocycles. The molecule has 0 aliphatic carbocycles. The zero-order valence-corrected chi connectivity index (χ0v) is 11.4. The van der Waals surface area contributed by atoms with Crippen LogP contribution in [0.3, 0.4) is 0 Å². The van der Waals surface area contributed by atoms with Gasteiger partial charge in [0.15, 0.2) is 0 Å². The van der Waals surface area contributed by atoms with Gasteiger partial charge in [-0.1, -0.05) is 38.0 Å². The zero-order chi connectivity index (χ0) is 12.1. The van der Waals surface area contributed by atoms with Crippen LogP contribution in [0.1, 0.15) is 44.1 Å². The Bertz CT molecular complexity index is 428. The van der Waals surface area contributed by atoms with Crippen LogP contribution >= 0.6 is 11.3 Å². The summed E-state index contributed by atoms with van der Waals surface area (Å²) in [5.74, 6) is 0. The number of benzene rings is 1. The van der Waals surface area contributed by atoms with Crippen LogP contribution in [0.15, 0.2) is 30.3 Å². The fraction of sp³-hybridized carbons (Fsp3) is 0.467. The van der Waals surface area contributed by atoms with E-state index < -0.39 is 0 Å². The minimum absolute atomic E-state index is 0.289. The molecule has 1 nitrogen and oxygen atoms in total. The van der Waals surface area contributed by atoms with Gasteiger partial charge in [-0.2, -0.15) is 0 Å². The van der Waals surface area contributed by atoms with Crippen molar-refractivity contribution in [2.45, 2.75) is 39.2 Å². The molecule has 0 saturated carbocycles. The van der Waals surface area contributed by atoms with Gasteiger partial charge >= 0.3 is 0 Å². The Kier molecular flexibility index (Phi) is 4.57. The smallest absolute Gasteiger partial charge is 0.0917 e. The van der Waals surface area contributed by atoms with Crippen LogP contribution < -0.4 is 0 Å². The molecule has 0 aliphatic rings. The average Bonchev–Trinajstić information content (AvgIpc) is 2.78. The lowest BCUT2D eigenvalue weighted by Gasteiger charge is -2.14. The quantitative estimate of drug-likeness (QED) is 0.685. The maximum atomic E-state index is 5.87. The van der Waals surface area contributed by atoms with Gasteiger partial charge in [0.2, 0.25) is 0 Å². The molecule has 2 heteroatoms. The number of rotatable bonds is 6. The Morgan fingerprint density at radius 2 is 2.06 bits per heavy atom. The highest BCUT2D eigenvalue weighted by atomic mass is 32.1. The topological polar surface area (TPSA) is 9.23 Å². The molecular formula is C15H20OS. The van der Waals surface area contributed by atoms with Crippen molar-refractivity contribution in [1.82, 2.24) is 0 Å². The Morgan fingerprint density at radius 1 is 1.24 bits per heavy atom. The molecule has 0 aliphatic heterocycles. The van der Waals surface area contributed by atoms with E-state index in [-0.39, 0.29) is 6.10 Å². The molecule has 0 saturated heterocycles. The van der Waals surface area contributed by atoms with Crippen molar-refractivity contribution < 1.29 is 4.74 Å². The van der Waals surface area contributed by atoms with Crippen molar-refractivity contribution in [1.29, 1.82) is 0 Å². The average molecular weight is 248 g/mol. The highest BCUT2D eigenvalue weighted by Gasteiger charge is 2.13. The fourth-order valence-electron chi connectivity index (χ4n) is 2.06. The normalized spacial score (nSPS) is 13.1. The lowest BCUT2D eigenvalue weighted by atomic mass is 10.1. The molecule has 2 aromatic rings. The van der Waals surface area contributed by atoms with Gasteiger partial charge in [0.1, 0.15) is 0 Å². The molecule has 1 heterocycles. The summed E-state index contributed by atoms with van der Waals surface area (Å²) in [7, 11) is 0. The molecule has 0 amide bonds. The van der Waals surface area contributed by atoms with E-state index in [1.807, 2.05) is 11.3 Å². The van der Waals surface area contributed by atoms with Crippen molar-refractivity contribution in [2.24, 2.45) is 0 Å². The number of unbranched alkanes of at least 4 members (excludes halogenated alkanes) is 1. The molecule has 2 rings (SSSR count). The molecule has 17 heavy (non-hydrogen) atoms. The minimum atomic E-state index is 0.289. The number of hydrogen-bond donors (Lipinski definition) is 0. The predicted molar refractivity (Wildman–Crippen MR) is 75.7 cm³/mol. The van der Waals surface area contributed by atoms with Gasteiger partial charge in [-0.05, 0) is 30.9 Å². The van der Waals surface area contributed by atoms with Gasteiger partial charge in [0, 0.05) is 16.2 Å². The molecular weight excluding hydrogens is 228 g/mol. The fourth-order valence-corrected chi connectivity index (χ4v) is 3.21. The molecule has 92 valence electrons. The van der Waals surface area contributed by atoms with Crippen molar-refractivity contribution in [3.05, 3.63) is 35.2 Å². The summed E-state index contributed by atoms with van der Waals surface area (Å²) in [6.07, 6.45) is 3.89. The first-order valence-electron chi connectivity index (χ1n) is 6.45. The van der Waals surface area contributed by atoms with E-state index in [9.17, 15) is 0 Å². The Labute approximate surface area is 107 Å². The van der Waals surface area contributed by atoms with Crippen molar-refractivity contribution in [3.63, 3.8) is 0 Å². The van der Waals surface area contributed by atoms with Crippen LogP contribution in [-0.4, -0.2) is 6.61 Å². The Hall–Kier alpha value is -0.860. The number of fused-ring (bicyclic) bond motifs is 1. The van der Waals surface area contributed by atoms with E-state index in [4.69, 9.17) is 4.74 Å². The second kappa shape index (κ2) is 6.18. The van der Waals surface area contributed by atoms with E-state index >= 15 is 0 Å². The molecule has 0 N–H and O–H groups in total. The molecule has 1 aromatic heterocycles. The number of hydrogen-bond acceptors (Lipinski definition) is 2. The van der Waals surface area contributed by atoms with Crippen LogP contribution in [0.2, 0.25) is 0 Å². The second-order valence-corrected chi connectivity index (χ2v) is 5.39. The summed E-state index contributed by atoms with van der Waals surface area (Å²) in [6, 6.07) is 10.9. The summed E-state index contributed by atoms with van der Waals surface area (Å²) in [5.41, 5.74) is 0. The molecule has 0 bridgehead atoms. The number of thiophene rings is 1. The SMILES string of the molecule is CCCCC(OCC)c1cc2ccccc2s1. The molecule has 0 spiro atoms. The maximum absolute atomic E-state index is 5.87. The first-order valence-corrected chi connectivity index (χ1v) is 7.26. The maximum Gasteiger partial charge on any atom is 0.0917 e. The third kappa shape index (κ3) is 3.08. The van der Waals surface area contributed by atoms with Crippen LogP contribution in [0, 0.1) is 0 Å². The third-order valence-corrected chi connectivity index (χ3v) is 4.16. The zero-order valence-electron chi connectivity index (χ0n) is 10.6.